The topological polar surface area (TPSA) is 67.4 Å². The van der Waals surface area contributed by atoms with E-state index < -0.39 is 0 Å². The van der Waals surface area contributed by atoms with Crippen molar-refractivity contribution in [3.8, 4) is 5.75 Å². The number of ether oxygens (including phenoxy) is 1. The number of carbonyl (C=O) groups is 1. The molecule has 2 aromatic rings. The van der Waals surface area contributed by atoms with E-state index in [0.717, 1.165) is 66.3 Å². The van der Waals surface area contributed by atoms with Gasteiger partial charge in [-0.05, 0) is 73.1 Å². The van der Waals surface area contributed by atoms with Crippen LogP contribution in [0.15, 0.2) is 48.5 Å². The third kappa shape index (κ3) is 5.02. The fourth-order valence-corrected chi connectivity index (χ4v) is 5.60. The van der Waals surface area contributed by atoms with E-state index in [9.17, 15) is 4.79 Å². The molecule has 2 heterocycles. The van der Waals surface area contributed by atoms with E-state index in [1.54, 1.807) is 7.11 Å². The summed E-state index contributed by atoms with van der Waals surface area (Å²) >= 11 is 0. The van der Waals surface area contributed by atoms with Crippen molar-refractivity contribution in [1.82, 2.24) is 20.2 Å². The Labute approximate surface area is 195 Å². The zero-order valence-electron chi connectivity index (χ0n) is 19.3. The molecule has 33 heavy (non-hydrogen) atoms. The molecule has 2 aliphatic carbocycles. The monoisotopic (exact) mass is 444 g/mol. The Kier molecular flexibility index (Phi) is 6.30. The number of nitrogens with one attached hydrogen (secondary N) is 1. The van der Waals surface area contributed by atoms with Crippen LogP contribution in [0.4, 0.5) is 0 Å². The highest BCUT2D eigenvalue weighted by molar-refractivity contribution is 5.94. The van der Waals surface area contributed by atoms with Gasteiger partial charge in [-0.1, -0.05) is 18.7 Å². The molecule has 0 radical (unpaired) electrons. The molecule has 1 aliphatic heterocycles. The van der Waals surface area contributed by atoms with E-state index >= 15 is 0 Å². The van der Waals surface area contributed by atoms with Crippen LogP contribution in [0.1, 0.15) is 53.0 Å². The van der Waals surface area contributed by atoms with Crippen LogP contribution in [-0.4, -0.2) is 41.0 Å². The van der Waals surface area contributed by atoms with Gasteiger partial charge in [-0.15, -0.1) is 5.73 Å². The molecule has 1 aromatic heterocycles. The summed E-state index contributed by atoms with van der Waals surface area (Å²) in [5, 5.41) is 3.06. The van der Waals surface area contributed by atoms with Crippen molar-refractivity contribution in [2.24, 2.45) is 17.8 Å². The van der Waals surface area contributed by atoms with Gasteiger partial charge in [0.05, 0.1) is 12.8 Å². The molecule has 2 saturated carbocycles. The van der Waals surface area contributed by atoms with Crippen LogP contribution in [-0.2, 0) is 19.5 Å². The molecule has 0 spiro atoms. The molecule has 2 fully saturated rings. The van der Waals surface area contributed by atoms with E-state index in [1.165, 1.54) is 31.2 Å². The van der Waals surface area contributed by atoms with Gasteiger partial charge in [-0.3, -0.25) is 9.69 Å². The molecule has 5 rings (SSSR count). The highest BCUT2D eigenvalue weighted by Crippen LogP contribution is 2.55. The number of rotatable bonds is 8. The average Bonchev–Trinajstić information content (AvgIpc) is 3.46. The molecule has 2 unspecified atom stereocenters. The van der Waals surface area contributed by atoms with Gasteiger partial charge in [0.1, 0.15) is 17.8 Å². The molecule has 0 saturated heterocycles. The first kappa shape index (κ1) is 21.9. The second kappa shape index (κ2) is 9.50. The van der Waals surface area contributed by atoms with Gasteiger partial charge >= 0.3 is 0 Å². The number of fused-ring (bicyclic) bond motifs is 2. The smallest absolute Gasteiger partial charge is 0.270 e. The van der Waals surface area contributed by atoms with Crippen LogP contribution in [0.5, 0.6) is 5.75 Å². The number of hydrogen-bond acceptors (Lipinski definition) is 5. The van der Waals surface area contributed by atoms with Gasteiger partial charge in [-0.2, -0.15) is 0 Å². The third-order valence-corrected chi connectivity index (χ3v) is 7.43. The summed E-state index contributed by atoms with van der Waals surface area (Å²) in [6, 6.07) is 8.14. The maximum Gasteiger partial charge on any atom is 0.270 e. The number of benzene rings is 1. The molecular formula is C27H32N4O2. The van der Waals surface area contributed by atoms with Gasteiger partial charge in [0.15, 0.2) is 0 Å². The van der Waals surface area contributed by atoms with Crippen molar-refractivity contribution in [3.63, 3.8) is 0 Å². The molecule has 0 bridgehead atoms. The van der Waals surface area contributed by atoms with Crippen LogP contribution in [0.25, 0.3) is 0 Å². The van der Waals surface area contributed by atoms with Gasteiger partial charge in [0.2, 0.25) is 0 Å². The molecule has 6 heteroatoms. The van der Waals surface area contributed by atoms with Crippen molar-refractivity contribution in [2.75, 3.05) is 20.2 Å². The van der Waals surface area contributed by atoms with E-state index in [-0.39, 0.29) is 5.91 Å². The lowest BCUT2D eigenvalue weighted by molar-refractivity contribution is 0.0948. The lowest BCUT2D eigenvalue weighted by Crippen LogP contribution is -2.34. The van der Waals surface area contributed by atoms with Crippen molar-refractivity contribution in [2.45, 2.75) is 45.2 Å². The zero-order valence-corrected chi connectivity index (χ0v) is 19.3. The van der Waals surface area contributed by atoms with Crippen molar-refractivity contribution in [1.29, 1.82) is 0 Å². The minimum Gasteiger partial charge on any atom is -0.497 e. The quantitative estimate of drug-likeness (QED) is 0.625. The van der Waals surface area contributed by atoms with Crippen molar-refractivity contribution < 1.29 is 9.53 Å². The van der Waals surface area contributed by atoms with Gasteiger partial charge in [0, 0.05) is 31.7 Å². The first-order valence-corrected chi connectivity index (χ1v) is 12.0. The zero-order chi connectivity index (χ0) is 22.8. The Bertz CT molecular complexity index is 1080. The molecular weight excluding hydrogens is 412 g/mol. The van der Waals surface area contributed by atoms with Gasteiger partial charge < -0.3 is 10.1 Å². The second-order valence-electron chi connectivity index (χ2n) is 9.72. The third-order valence-electron chi connectivity index (χ3n) is 7.43. The maximum atomic E-state index is 13.0. The normalized spacial score (nSPS) is 23.2. The second-order valence-corrected chi connectivity index (χ2v) is 9.72. The van der Waals surface area contributed by atoms with Crippen molar-refractivity contribution in [3.05, 3.63) is 71.0 Å². The number of methoxy groups -OCH3 is 1. The summed E-state index contributed by atoms with van der Waals surface area (Å²) in [5.74, 6) is 3.40. The fourth-order valence-electron chi connectivity index (χ4n) is 5.60. The summed E-state index contributed by atoms with van der Waals surface area (Å²) in [6.07, 6.45) is 7.36. The van der Waals surface area contributed by atoms with E-state index in [4.69, 9.17) is 4.74 Å². The fraction of sp³-hybridized carbons (Fsp3) is 0.481. The van der Waals surface area contributed by atoms with Crippen LogP contribution >= 0.6 is 0 Å². The number of aromatic nitrogens is 2. The molecule has 3 aliphatic rings. The Hall–Kier alpha value is -2.95. The predicted molar refractivity (Wildman–Crippen MR) is 127 cm³/mol. The highest BCUT2D eigenvalue weighted by Gasteiger charge is 2.45. The van der Waals surface area contributed by atoms with E-state index in [2.05, 4.69) is 44.6 Å². The van der Waals surface area contributed by atoms with E-state index in [1.807, 2.05) is 12.1 Å². The maximum absolute atomic E-state index is 13.0. The van der Waals surface area contributed by atoms with Gasteiger partial charge in [0.25, 0.3) is 5.91 Å². The summed E-state index contributed by atoms with van der Waals surface area (Å²) in [5.41, 5.74) is 7.78. The predicted octanol–water partition coefficient (Wildman–Crippen LogP) is 3.92. The Morgan fingerprint density at radius 1 is 1.27 bits per heavy atom. The number of amides is 1. The van der Waals surface area contributed by atoms with Crippen LogP contribution in [0.3, 0.4) is 0 Å². The molecule has 1 amide bonds. The highest BCUT2D eigenvalue weighted by atomic mass is 16.5. The molecule has 1 N–H and O–H groups in total. The Morgan fingerprint density at radius 2 is 2.12 bits per heavy atom. The minimum atomic E-state index is -0.128. The largest absolute Gasteiger partial charge is 0.497 e. The number of nitrogens with zero attached hydrogens (tertiary/aromatic N) is 3. The van der Waals surface area contributed by atoms with Crippen molar-refractivity contribution >= 4 is 5.91 Å². The summed E-state index contributed by atoms with van der Waals surface area (Å²) in [7, 11) is 1.68. The minimum absolute atomic E-state index is 0.128. The van der Waals surface area contributed by atoms with Crippen LogP contribution in [0.2, 0.25) is 0 Å². The molecule has 6 nitrogen and oxygen atoms in total. The number of carbonyl (C=O) groups excluding carboxylic acids is 1. The van der Waals surface area contributed by atoms with Gasteiger partial charge in [-0.25, -0.2) is 9.97 Å². The summed E-state index contributed by atoms with van der Waals surface area (Å²) < 4.78 is 5.34. The number of hydrogen-bond donors (Lipinski definition) is 1. The first-order valence-electron chi connectivity index (χ1n) is 12.0. The standard InChI is InChI=1S/C27H32N4O2/c1-3-18(9-20-10-21-13-22(21)11-20)14-28-27(32)26-24-7-8-31(16-25(24)29-17-30-26)15-19-5-4-6-23(12-19)33-2/h4-6,12,17,20-22H,1,7-11,13-16H2,2H3,(H,28,32). The van der Waals surface area contributed by atoms with E-state index in [0.29, 0.717) is 18.8 Å². The lowest BCUT2D eigenvalue weighted by atomic mass is 9.95. The lowest BCUT2D eigenvalue weighted by Gasteiger charge is -2.28. The Morgan fingerprint density at radius 3 is 2.91 bits per heavy atom. The molecule has 2 atom stereocenters. The summed E-state index contributed by atoms with van der Waals surface area (Å²) in [6.45, 7) is 6.73. The SMILES string of the molecule is C=C=C(CNC(=O)c1ncnc2c1CCN(Cc1cccc(OC)c1)C2)CC1CC2CC2C1. The summed E-state index contributed by atoms with van der Waals surface area (Å²) in [4.78, 5) is 24.2. The van der Waals surface area contributed by atoms with Crippen LogP contribution < -0.4 is 10.1 Å². The first-order chi connectivity index (χ1) is 16.1. The molecule has 1 aromatic carbocycles. The average molecular weight is 445 g/mol. The molecule has 172 valence electrons. The van der Waals surface area contributed by atoms with Crippen LogP contribution in [0, 0.1) is 17.8 Å². The Balaban J connectivity index is 1.19.